The number of nitrogens with two attached hydrogens (primary N) is 1. The number of alkyl halides is 3. The van der Waals surface area contributed by atoms with E-state index in [1.807, 2.05) is 4.90 Å². The molecule has 16 heteroatoms. The topological polar surface area (TPSA) is 140 Å². The highest BCUT2D eigenvalue weighted by atomic mass is 35.5. The Morgan fingerprint density at radius 2 is 2.00 bits per heavy atom. The van der Waals surface area contributed by atoms with Crippen LogP contribution in [-0.4, -0.2) is 85.9 Å². The number of nitrogens with one attached hydrogen (secondary N) is 1. The summed E-state index contributed by atoms with van der Waals surface area (Å²) in [7, 11) is 0. The van der Waals surface area contributed by atoms with Gasteiger partial charge in [-0.25, -0.2) is 15.0 Å². The number of fused-ring (bicyclic) bond motifs is 2. The summed E-state index contributed by atoms with van der Waals surface area (Å²) in [6.45, 7) is 7.65. The number of anilines is 2. The van der Waals surface area contributed by atoms with Crippen LogP contribution < -0.4 is 15.8 Å². The molecule has 0 aliphatic carbocycles. The summed E-state index contributed by atoms with van der Waals surface area (Å²) in [5, 5.41) is 2.62. The Morgan fingerprint density at radius 1 is 1.21 bits per heavy atom. The average Bonchev–Trinajstić information content (AvgIpc) is 3.44. The number of rotatable bonds is 7. The van der Waals surface area contributed by atoms with E-state index in [9.17, 15) is 22.8 Å². The van der Waals surface area contributed by atoms with Gasteiger partial charge < -0.3 is 25.4 Å². The van der Waals surface area contributed by atoms with Gasteiger partial charge in [0.15, 0.2) is 0 Å². The average molecular weight is 673 g/mol. The fraction of sp³-hybridized carbons (Fsp3) is 0.387. The van der Waals surface area contributed by atoms with Crippen LogP contribution in [0.1, 0.15) is 48.6 Å². The monoisotopic (exact) mass is 672 g/mol. The lowest BCUT2D eigenvalue weighted by Gasteiger charge is -2.46. The number of piperazine rings is 1. The van der Waals surface area contributed by atoms with Gasteiger partial charge in [0.05, 0.1) is 44.1 Å². The molecule has 0 radical (unpaired) electrons. The molecule has 2 fully saturated rings. The van der Waals surface area contributed by atoms with Crippen LogP contribution in [0.4, 0.5) is 24.8 Å². The number of hydrogen-bond donors (Lipinski definition) is 2. The van der Waals surface area contributed by atoms with Crippen LogP contribution >= 0.6 is 11.6 Å². The van der Waals surface area contributed by atoms with Crippen molar-refractivity contribution in [1.29, 1.82) is 0 Å². The molecule has 0 saturated carbocycles. The van der Waals surface area contributed by atoms with Gasteiger partial charge in [0.2, 0.25) is 5.91 Å². The van der Waals surface area contributed by atoms with Crippen molar-refractivity contribution >= 4 is 40.6 Å². The van der Waals surface area contributed by atoms with E-state index in [1.165, 1.54) is 18.3 Å². The first-order chi connectivity index (χ1) is 22.3. The van der Waals surface area contributed by atoms with E-state index >= 15 is 0 Å². The summed E-state index contributed by atoms with van der Waals surface area (Å²) in [5.41, 5.74) is 6.71. The minimum absolute atomic E-state index is 0.00411. The number of carbonyl (C=O) groups excluding carboxylic acids is 2. The number of amides is 2. The number of benzene rings is 1. The number of ether oxygens (including phenoxy) is 2. The third-order valence-corrected chi connectivity index (χ3v) is 8.48. The van der Waals surface area contributed by atoms with Crippen molar-refractivity contribution in [2.24, 2.45) is 0 Å². The number of halogens is 4. The SMILES string of the molecule is CCOc1cc(C(=O)Nc2cc(C(F)(F)F)ccn2)ccc1-c1nc([C@H]2CN3C(=O)CN(C(C)C)C[C@@H]3CO2)n2c(Cl)cnc(N)c12. The van der Waals surface area contributed by atoms with Gasteiger partial charge in [-0.2, -0.15) is 13.2 Å². The maximum Gasteiger partial charge on any atom is 0.416 e. The van der Waals surface area contributed by atoms with Crippen molar-refractivity contribution in [1.82, 2.24) is 29.2 Å². The van der Waals surface area contributed by atoms with Crippen molar-refractivity contribution < 1.29 is 32.2 Å². The number of pyridine rings is 1. The number of hydrogen-bond acceptors (Lipinski definition) is 9. The van der Waals surface area contributed by atoms with Gasteiger partial charge in [-0.1, -0.05) is 11.6 Å². The first-order valence-corrected chi connectivity index (χ1v) is 15.3. The first kappa shape index (κ1) is 32.5. The second kappa shape index (κ2) is 12.6. The smallest absolute Gasteiger partial charge is 0.416 e. The predicted octanol–water partition coefficient (Wildman–Crippen LogP) is 4.69. The zero-order chi connectivity index (χ0) is 33.6. The van der Waals surface area contributed by atoms with Gasteiger partial charge in [-0.3, -0.25) is 18.9 Å². The number of nitrogens with zero attached hydrogens (tertiary/aromatic N) is 6. The van der Waals surface area contributed by atoms with Gasteiger partial charge in [-0.05, 0) is 51.1 Å². The molecule has 4 aromatic rings. The van der Waals surface area contributed by atoms with Crippen molar-refractivity contribution in [3.05, 3.63) is 64.8 Å². The van der Waals surface area contributed by atoms with Crippen LogP contribution in [-0.2, 0) is 15.7 Å². The molecule has 3 aromatic heterocycles. The number of morpholine rings is 1. The van der Waals surface area contributed by atoms with Crippen LogP contribution in [0.3, 0.4) is 0 Å². The molecule has 12 nitrogen and oxygen atoms in total. The lowest BCUT2D eigenvalue weighted by molar-refractivity contribution is -0.157. The van der Waals surface area contributed by atoms with Gasteiger partial charge in [0.1, 0.15) is 45.7 Å². The first-order valence-electron chi connectivity index (χ1n) is 14.9. The molecular weight excluding hydrogens is 641 g/mol. The van der Waals surface area contributed by atoms with E-state index in [2.05, 4.69) is 34.0 Å². The minimum Gasteiger partial charge on any atom is -0.493 e. The standard InChI is InChI=1S/C31H32ClF3N8O4/c1-4-46-21-9-17(30(45)39-24-10-18(7-8-37-24)31(33,34)35)5-6-20(21)26-27-28(36)38-11-23(32)43(27)29(40-26)22-13-42-19(15-47-22)12-41(16(2)3)14-25(42)44/h5-11,16,19,22H,4,12-15H2,1-3H3,(H2,36,38)(H,37,39,45)/t19-,22-/m1/s1. The molecule has 2 aliphatic rings. The molecule has 0 bridgehead atoms. The largest absolute Gasteiger partial charge is 0.493 e. The van der Waals surface area contributed by atoms with Crippen molar-refractivity contribution in [3.63, 3.8) is 0 Å². The molecule has 47 heavy (non-hydrogen) atoms. The highest BCUT2D eigenvalue weighted by Crippen LogP contribution is 2.39. The summed E-state index contributed by atoms with van der Waals surface area (Å²) in [6, 6.07) is 6.22. The summed E-state index contributed by atoms with van der Waals surface area (Å²) in [5.74, 6) is -0.165. The van der Waals surface area contributed by atoms with Crippen LogP contribution in [0.25, 0.3) is 16.8 Å². The van der Waals surface area contributed by atoms with Crippen molar-refractivity contribution in [3.8, 4) is 17.0 Å². The molecular formula is C31H32ClF3N8O4. The van der Waals surface area contributed by atoms with Gasteiger partial charge in [-0.15, -0.1) is 0 Å². The second-order valence-electron chi connectivity index (χ2n) is 11.5. The number of carbonyl (C=O) groups is 2. The fourth-order valence-corrected chi connectivity index (χ4v) is 6.06. The third-order valence-electron chi connectivity index (χ3n) is 8.21. The molecule has 2 amide bonds. The Balaban J connectivity index is 1.35. The summed E-state index contributed by atoms with van der Waals surface area (Å²) in [6.07, 6.45) is -2.87. The number of aromatic nitrogens is 4. The van der Waals surface area contributed by atoms with Gasteiger partial charge >= 0.3 is 6.18 Å². The third kappa shape index (κ3) is 6.30. The van der Waals surface area contributed by atoms with Crippen molar-refractivity contribution in [2.75, 3.05) is 43.9 Å². The Labute approximate surface area is 272 Å². The molecule has 2 aliphatic heterocycles. The van der Waals surface area contributed by atoms with E-state index in [0.717, 1.165) is 18.3 Å². The quantitative estimate of drug-likeness (QED) is 0.286. The van der Waals surface area contributed by atoms with Crippen LogP contribution in [0.5, 0.6) is 5.75 Å². The molecule has 2 atom stereocenters. The van der Waals surface area contributed by atoms with Gasteiger partial charge in [0.25, 0.3) is 5.91 Å². The van der Waals surface area contributed by atoms with E-state index in [0.29, 0.717) is 42.3 Å². The normalized spacial score (nSPS) is 18.9. The molecule has 2 saturated heterocycles. The van der Waals surface area contributed by atoms with E-state index < -0.39 is 23.8 Å². The maximum absolute atomic E-state index is 13.2. The number of imidazole rings is 1. The highest BCUT2D eigenvalue weighted by Gasteiger charge is 2.40. The molecule has 0 unspecified atom stereocenters. The zero-order valence-electron chi connectivity index (χ0n) is 25.7. The van der Waals surface area contributed by atoms with Crippen LogP contribution in [0.2, 0.25) is 5.15 Å². The molecule has 5 heterocycles. The van der Waals surface area contributed by atoms with E-state index in [1.54, 1.807) is 17.4 Å². The van der Waals surface area contributed by atoms with Crippen LogP contribution in [0, 0.1) is 0 Å². The van der Waals surface area contributed by atoms with Crippen LogP contribution in [0.15, 0.2) is 42.7 Å². The van der Waals surface area contributed by atoms with E-state index in [4.69, 9.17) is 31.8 Å². The predicted molar refractivity (Wildman–Crippen MR) is 167 cm³/mol. The maximum atomic E-state index is 13.2. The lowest BCUT2D eigenvalue weighted by Crippen LogP contribution is -2.62. The Bertz CT molecular complexity index is 1850. The molecule has 0 spiro atoms. The Hall–Kier alpha value is -4.47. The fourth-order valence-electron chi connectivity index (χ4n) is 5.84. The molecule has 3 N–H and O–H groups in total. The summed E-state index contributed by atoms with van der Waals surface area (Å²) in [4.78, 5) is 43.2. The molecule has 248 valence electrons. The molecule has 6 rings (SSSR count). The van der Waals surface area contributed by atoms with Crippen molar-refractivity contribution in [2.45, 2.75) is 45.1 Å². The van der Waals surface area contributed by atoms with Gasteiger partial charge in [0, 0.05) is 29.9 Å². The summed E-state index contributed by atoms with van der Waals surface area (Å²) >= 11 is 6.66. The lowest BCUT2D eigenvalue weighted by atomic mass is 10.1. The van der Waals surface area contributed by atoms with E-state index in [-0.39, 0.29) is 59.2 Å². The number of nitrogen functional groups attached to an aromatic ring is 1. The highest BCUT2D eigenvalue weighted by molar-refractivity contribution is 6.30. The zero-order valence-corrected chi connectivity index (χ0v) is 26.5. The Kier molecular flexibility index (Phi) is 8.72. The molecule has 1 aromatic carbocycles. The minimum atomic E-state index is -4.60. The summed E-state index contributed by atoms with van der Waals surface area (Å²) < 4.78 is 53.4. The Morgan fingerprint density at radius 3 is 2.72 bits per heavy atom. The second-order valence-corrected chi connectivity index (χ2v) is 11.9.